The average Bonchev–Trinajstić information content (AvgIpc) is 2.63. The van der Waals surface area contributed by atoms with Crippen LogP contribution in [0.15, 0.2) is 0 Å². The van der Waals surface area contributed by atoms with E-state index >= 15 is 0 Å². The van der Waals surface area contributed by atoms with Gasteiger partial charge in [-0.3, -0.25) is 0 Å². The standard InChI is InChI=1S/C12H3F23O3S.Na/c13-2(14,1-39(36,37)38)3(15,16)4(17,18)5(19,20)6(21,22)7(23,24)8(25,26)9(27,28)10(29,30)11(31,32)12(33,34)35;/h1H2,(H,36,37,38);/q;+1/p-1. The first-order valence-corrected chi connectivity index (χ1v) is 9.57. The van der Waals surface area contributed by atoms with Crippen LogP contribution >= 0.6 is 0 Å². The Hall–Kier alpha value is -0.700. The fraction of sp³-hybridized carbons (Fsp3) is 1.00. The minimum Gasteiger partial charge on any atom is -0.748 e. The first kappa shape index (κ1) is 41.4. The summed E-state index contributed by atoms with van der Waals surface area (Å²) in [6.07, 6.45) is -8.15. The molecule has 0 aliphatic heterocycles. The summed E-state index contributed by atoms with van der Waals surface area (Å²) in [5, 5.41) is 0. The summed E-state index contributed by atoms with van der Waals surface area (Å²) in [6, 6.07) is 0. The molecule has 0 amide bonds. The minimum absolute atomic E-state index is 0. The number of hydrogen-bond acceptors (Lipinski definition) is 3. The zero-order chi connectivity index (χ0) is 32.7. The Morgan fingerprint density at radius 3 is 0.725 bits per heavy atom. The van der Waals surface area contributed by atoms with Gasteiger partial charge in [0, 0.05) is 0 Å². The molecule has 0 aromatic heterocycles. The maximum Gasteiger partial charge on any atom is 1.00 e. The van der Waals surface area contributed by atoms with Crippen LogP contribution in [0.3, 0.4) is 0 Å². The van der Waals surface area contributed by atoms with E-state index in [0.29, 0.717) is 0 Å². The second-order valence-corrected chi connectivity index (χ2v) is 8.48. The fourth-order valence-corrected chi connectivity index (χ4v) is 2.73. The number of alkyl halides is 23. The van der Waals surface area contributed by atoms with Crippen LogP contribution < -0.4 is 29.6 Å². The van der Waals surface area contributed by atoms with Crippen LogP contribution in [0.2, 0.25) is 0 Å². The molecule has 0 fully saturated rings. The summed E-state index contributed by atoms with van der Waals surface area (Å²) in [7, 11) is -6.98. The molecule has 0 heterocycles. The topological polar surface area (TPSA) is 57.2 Å². The van der Waals surface area contributed by atoms with Gasteiger partial charge in [0.15, 0.2) is 0 Å². The van der Waals surface area contributed by atoms with E-state index in [9.17, 15) is 114 Å². The Bertz CT molecular complexity index is 1030. The zero-order valence-electron chi connectivity index (χ0n) is 17.5. The molecule has 0 N–H and O–H groups in total. The third kappa shape index (κ3) is 5.41. The van der Waals surface area contributed by atoms with Crippen molar-refractivity contribution in [3.8, 4) is 0 Å². The van der Waals surface area contributed by atoms with Crippen molar-refractivity contribution in [1.29, 1.82) is 0 Å². The monoisotopic (exact) mass is 686 g/mol. The van der Waals surface area contributed by atoms with Crippen molar-refractivity contribution >= 4 is 10.1 Å². The van der Waals surface area contributed by atoms with Gasteiger partial charge in [0.1, 0.15) is 15.9 Å². The van der Waals surface area contributed by atoms with E-state index in [1.165, 1.54) is 0 Å². The molecule has 0 atom stereocenters. The first-order valence-electron chi connectivity index (χ1n) is 7.99. The molecular weight excluding hydrogens is 684 g/mol. The summed E-state index contributed by atoms with van der Waals surface area (Å²) < 4.78 is 331. The van der Waals surface area contributed by atoms with E-state index in [-0.39, 0.29) is 29.6 Å². The van der Waals surface area contributed by atoms with Crippen LogP contribution in [-0.4, -0.2) is 84.1 Å². The minimum atomic E-state index is -9.54. The Balaban J connectivity index is 0. The van der Waals surface area contributed by atoms with Crippen molar-refractivity contribution in [1.82, 2.24) is 0 Å². The second kappa shape index (κ2) is 10.2. The molecular formula is C12H2F23NaO3S. The molecule has 0 saturated carbocycles. The zero-order valence-corrected chi connectivity index (χ0v) is 20.3. The molecule has 0 spiro atoms. The van der Waals surface area contributed by atoms with Crippen molar-refractivity contribution in [3.63, 3.8) is 0 Å². The van der Waals surface area contributed by atoms with E-state index < -0.39 is 81.3 Å². The molecule has 0 aromatic rings. The van der Waals surface area contributed by atoms with Gasteiger partial charge in [0.25, 0.3) is 0 Å². The van der Waals surface area contributed by atoms with Gasteiger partial charge in [-0.05, 0) is 0 Å². The Labute approximate surface area is 225 Å². The largest absolute Gasteiger partial charge is 1.00 e. The fourth-order valence-electron chi connectivity index (χ4n) is 2.10. The van der Waals surface area contributed by atoms with E-state index in [1.54, 1.807) is 0 Å². The Morgan fingerprint density at radius 2 is 0.550 bits per heavy atom. The Morgan fingerprint density at radius 1 is 0.375 bits per heavy atom. The van der Waals surface area contributed by atoms with Crippen LogP contribution in [0, 0.1) is 0 Å². The SMILES string of the molecule is O=S(=O)([O-])CC(F)(F)C(F)(F)C(F)(F)C(F)(F)C(F)(F)C(F)(F)C(F)(F)C(F)(F)C(F)(F)C(F)(F)C(F)(F)F.[Na+]. The smallest absolute Gasteiger partial charge is 0.748 e. The van der Waals surface area contributed by atoms with Gasteiger partial charge in [-0.2, -0.15) is 101 Å². The molecule has 0 aromatic carbocycles. The average molecular weight is 686 g/mol. The van der Waals surface area contributed by atoms with E-state index in [2.05, 4.69) is 0 Å². The van der Waals surface area contributed by atoms with Crippen molar-refractivity contribution in [3.05, 3.63) is 0 Å². The summed E-state index contributed by atoms with van der Waals surface area (Å²) in [5.74, 6) is -94.3. The predicted molar refractivity (Wildman–Crippen MR) is 70.1 cm³/mol. The molecule has 28 heteroatoms. The second-order valence-electron chi connectivity index (χ2n) is 7.07. The number of halogens is 23. The number of rotatable bonds is 11. The van der Waals surface area contributed by atoms with Crippen LogP contribution in [0.25, 0.3) is 0 Å². The van der Waals surface area contributed by atoms with Gasteiger partial charge >= 0.3 is 95.0 Å². The van der Waals surface area contributed by atoms with Crippen LogP contribution in [0.1, 0.15) is 0 Å². The van der Waals surface area contributed by atoms with E-state index in [1.807, 2.05) is 0 Å². The quantitative estimate of drug-likeness (QED) is 0.190. The summed E-state index contributed by atoms with van der Waals surface area (Å²) >= 11 is 0. The molecule has 0 rings (SSSR count). The molecule has 236 valence electrons. The van der Waals surface area contributed by atoms with Gasteiger partial charge < -0.3 is 4.55 Å². The van der Waals surface area contributed by atoms with Gasteiger partial charge in [-0.25, -0.2) is 8.42 Å². The first-order chi connectivity index (χ1) is 16.2. The van der Waals surface area contributed by atoms with E-state index in [0.717, 1.165) is 0 Å². The van der Waals surface area contributed by atoms with Crippen LogP contribution in [0.5, 0.6) is 0 Å². The van der Waals surface area contributed by atoms with Crippen molar-refractivity contribution in [2.75, 3.05) is 5.75 Å². The molecule has 0 bridgehead atoms. The summed E-state index contributed by atoms with van der Waals surface area (Å²) in [5.41, 5.74) is 0. The Kier molecular flexibility index (Phi) is 10.6. The van der Waals surface area contributed by atoms with Gasteiger partial charge in [-0.15, -0.1) is 0 Å². The molecule has 0 saturated heterocycles. The maximum atomic E-state index is 13.5. The van der Waals surface area contributed by atoms with Gasteiger partial charge in [-0.1, -0.05) is 0 Å². The van der Waals surface area contributed by atoms with Crippen LogP contribution in [-0.2, 0) is 10.1 Å². The van der Waals surface area contributed by atoms with Gasteiger partial charge in [0.2, 0.25) is 0 Å². The van der Waals surface area contributed by atoms with Crippen molar-refractivity contribution in [2.45, 2.75) is 65.4 Å². The third-order valence-electron chi connectivity index (χ3n) is 4.33. The molecule has 0 radical (unpaired) electrons. The van der Waals surface area contributed by atoms with E-state index in [4.69, 9.17) is 0 Å². The summed E-state index contributed by atoms with van der Waals surface area (Å²) in [4.78, 5) is 0. The molecule has 0 unspecified atom stereocenters. The van der Waals surface area contributed by atoms with Gasteiger partial charge in [0.05, 0.1) is 0 Å². The maximum absolute atomic E-state index is 13.5. The predicted octanol–water partition coefficient (Wildman–Crippen LogP) is 3.45. The molecule has 0 aliphatic rings. The normalized spacial score (nSPS) is 16.6. The van der Waals surface area contributed by atoms with Crippen molar-refractivity contribution in [2.24, 2.45) is 0 Å². The van der Waals surface area contributed by atoms with Crippen LogP contribution in [0.4, 0.5) is 101 Å². The molecule has 40 heavy (non-hydrogen) atoms. The molecule has 3 nitrogen and oxygen atoms in total. The molecule has 0 aliphatic carbocycles. The summed E-state index contributed by atoms with van der Waals surface area (Å²) in [6.45, 7) is 0. The number of hydrogen-bond donors (Lipinski definition) is 0. The van der Waals surface area contributed by atoms with Crippen molar-refractivity contribution < 1.29 is 144 Å². The third-order valence-corrected chi connectivity index (χ3v) is 5.04.